The van der Waals surface area contributed by atoms with E-state index in [-0.39, 0.29) is 10.6 Å². The van der Waals surface area contributed by atoms with Crippen molar-refractivity contribution in [3.8, 4) is 0 Å². The minimum Gasteiger partial charge on any atom is -0.258 e. The van der Waals surface area contributed by atoms with E-state index in [1.807, 2.05) is 43.3 Å². The lowest BCUT2D eigenvalue weighted by molar-refractivity contribution is -0.385. The van der Waals surface area contributed by atoms with Gasteiger partial charge in [0.15, 0.2) is 0 Å². The summed E-state index contributed by atoms with van der Waals surface area (Å²) in [6.07, 6.45) is 0.601. The maximum absolute atomic E-state index is 11.0. The minimum atomic E-state index is -0.314. The van der Waals surface area contributed by atoms with Crippen LogP contribution in [0, 0.1) is 17.0 Å². The van der Waals surface area contributed by atoms with Crippen LogP contribution in [-0.2, 0) is 6.42 Å². The average molecular weight is 227 g/mol. The second-order valence-electron chi connectivity index (χ2n) is 3.99. The topological polar surface area (TPSA) is 43.1 Å². The van der Waals surface area contributed by atoms with Gasteiger partial charge in [0.05, 0.1) is 4.92 Å². The van der Waals surface area contributed by atoms with Crippen LogP contribution in [0.3, 0.4) is 0 Å². The number of nitro benzene ring substituents is 1. The van der Waals surface area contributed by atoms with Crippen LogP contribution in [0.5, 0.6) is 0 Å². The lowest BCUT2D eigenvalue weighted by atomic mass is 9.99. The number of nitrogens with zero attached hydrogens (tertiary/aromatic N) is 1. The Kier molecular flexibility index (Phi) is 3.19. The predicted molar refractivity (Wildman–Crippen MR) is 67.1 cm³/mol. The SMILES string of the molecule is Cc1cccc([N+](=O)[O-])c1Cc1ccccc1. The number of hydrogen-bond donors (Lipinski definition) is 0. The molecule has 0 aromatic heterocycles. The fourth-order valence-electron chi connectivity index (χ4n) is 1.89. The molecule has 0 unspecified atom stereocenters. The Balaban J connectivity index is 2.41. The molecule has 0 saturated carbocycles. The molecule has 0 fully saturated rings. The molecule has 3 heteroatoms. The molecule has 0 bridgehead atoms. The maximum Gasteiger partial charge on any atom is 0.273 e. The fraction of sp³-hybridized carbons (Fsp3) is 0.143. The van der Waals surface area contributed by atoms with Crippen molar-refractivity contribution in [3.05, 3.63) is 75.3 Å². The normalized spacial score (nSPS) is 10.2. The Hall–Kier alpha value is -2.16. The van der Waals surface area contributed by atoms with Crippen molar-refractivity contribution in [3.63, 3.8) is 0 Å². The summed E-state index contributed by atoms with van der Waals surface area (Å²) in [4.78, 5) is 10.7. The highest BCUT2D eigenvalue weighted by molar-refractivity contribution is 5.47. The zero-order valence-electron chi connectivity index (χ0n) is 9.59. The molecule has 0 spiro atoms. The van der Waals surface area contributed by atoms with E-state index in [0.29, 0.717) is 6.42 Å². The molecule has 86 valence electrons. The molecule has 2 aromatic rings. The molecule has 0 saturated heterocycles. The Morgan fingerprint density at radius 1 is 1.06 bits per heavy atom. The zero-order chi connectivity index (χ0) is 12.3. The van der Waals surface area contributed by atoms with Gasteiger partial charge in [-0.25, -0.2) is 0 Å². The molecule has 0 N–H and O–H groups in total. The van der Waals surface area contributed by atoms with Gasteiger partial charge in [0.2, 0.25) is 0 Å². The van der Waals surface area contributed by atoms with Crippen molar-refractivity contribution < 1.29 is 4.92 Å². The molecule has 0 aliphatic heterocycles. The number of aryl methyl sites for hydroxylation is 1. The van der Waals surface area contributed by atoms with Gasteiger partial charge < -0.3 is 0 Å². The summed E-state index contributed by atoms with van der Waals surface area (Å²) in [6.45, 7) is 1.91. The summed E-state index contributed by atoms with van der Waals surface area (Å²) in [6, 6.07) is 15.0. The van der Waals surface area contributed by atoms with Crippen molar-refractivity contribution in [2.24, 2.45) is 0 Å². The molecule has 0 aliphatic carbocycles. The van der Waals surface area contributed by atoms with E-state index in [1.165, 1.54) is 0 Å². The zero-order valence-corrected chi connectivity index (χ0v) is 9.59. The van der Waals surface area contributed by atoms with Crippen molar-refractivity contribution in [2.75, 3.05) is 0 Å². The summed E-state index contributed by atoms with van der Waals surface area (Å²) < 4.78 is 0. The number of nitro groups is 1. The van der Waals surface area contributed by atoms with Gasteiger partial charge in [-0.2, -0.15) is 0 Å². The molecule has 0 atom stereocenters. The van der Waals surface area contributed by atoms with Crippen molar-refractivity contribution in [2.45, 2.75) is 13.3 Å². The van der Waals surface area contributed by atoms with Gasteiger partial charge in [0, 0.05) is 18.1 Å². The minimum absolute atomic E-state index is 0.203. The monoisotopic (exact) mass is 227 g/mol. The van der Waals surface area contributed by atoms with E-state index >= 15 is 0 Å². The average Bonchev–Trinajstić information content (AvgIpc) is 2.33. The van der Waals surface area contributed by atoms with E-state index in [1.54, 1.807) is 12.1 Å². The van der Waals surface area contributed by atoms with Crippen LogP contribution in [0.4, 0.5) is 5.69 Å². The van der Waals surface area contributed by atoms with Crippen molar-refractivity contribution in [1.82, 2.24) is 0 Å². The molecule has 0 heterocycles. The highest BCUT2D eigenvalue weighted by Gasteiger charge is 2.15. The molecule has 0 aliphatic rings. The van der Waals surface area contributed by atoms with Gasteiger partial charge >= 0.3 is 0 Å². The molecular weight excluding hydrogens is 214 g/mol. The fourth-order valence-corrected chi connectivity index (χ4v) is 1.89. The first-order valence-corrected chi connectivity index (χ1v) is 5.45. The molecular formula is C14H13NO2. The lowest BCUT2D eigenvalue weighted by Gasteiger charge is -2.06. The molecule has 2 aromatic carbocycles. The molecule has 17 heavy (non-hydrogen) atoms. The third kappa shape index (κ3) is 2.50. The van der Waals surface area contributed by atoms with Gasteiger partial charge in [-0.15, -0.1) is 0 Å². The maximum atomic E-state index is 11.0. The summed E-state index contributed by atoms with van der Waals surface area (Å²) >= 11 is 0. The van der Waals surface area contributed by atoms with Crippen LogP contribution in [0.1, 0.15) is 16.7 Å². The summed E-state index contributed by atoms with van der Waals surface area (Å²) in [5.74, 6) is 0. The predicted octanol–water partition coefficient (Wildman–Crippen LogP) is 3.49. The third-order valence-electron chi connectivity index (χ3n) is 2.81. The quantitative estimate of drug-likeness (QED) is 0.595. The lowest BCUT2D eigenvalue weighted by Crippen LogP contribution is -1.99. The Labute approximate surface area is 99.9 Å². The summed E-state index contributed by atoms with van der Waals surface area (Å²) in [7, 11) is 0. The first kappa shape index (κ1) is 11.3. The Morgan fingerprint density at radius 2 is 1.76 bits per heavy atom. The van der Waals surface area contributed by atoms with Crippen LogP contribution in [-0.4, -0.2) is 4.92 Å². The molecule has 0 amide bonds. The van der Waals surface area contributed by atoms with E-state index in [0.717, 1.165) is 16.7 Å². The van der Waals surface area contributed by atoms with Crippen molar-refractivity contribution in [1.29, 1.82) is 0 Å². The van der Waals surface area contributed by atoms with E-state index in [4.69, 9.17) is 0 Å². The third-order valence-corrected chi connectivity index (χ3v) is 2.81. The summed E-state index contributed by atoms with van der Waals surface area (Å²) in [5.41, 5.74) is 3.05. The standard InChI is InChI=1S/C14H13NO2/c1-11-6-5-9-14(15(16)17)13(11)10-12-7-3-2-4-8-12/h2-9H,10H2,1H3. The van der Waals surface area contributed by atoms with Crippen LogP contribution < -0.4 is 0 Å². The van der Waals surface area contributed by atoms with Gasteiger partial charge in [0.1, 0.15) is 0 Å². The number of benzene rings is 2. The molecule has 0 radical (unpaired) electrons. The largest absolute Gasteiger partial charge is 0.273 e. The van der Waals surface area contributed by atoms with Gasteiger partial charge in [-0.05, 0) is 18.1 Å². The second kappa shape index (κ2) is 4.78. The summed E-state index contributed by atoms with van der Waals surface area (Å²) in [5, 5.41) is 11.0. The van der Waals surface area contributed by atoms with Crippen LogP contribution in [0.2, 0.25) is 0 Å². The number of rotatable bonds is 3. The molecule has 3 nitrogen and oxygen atoms in total. The van der Waals surface area contributed by atoms with Crippen LogP contribution in [0.15, 0.2) is 48.5 Å². The molecule has 2 rings (SSSR count). The Morgan fingerprint density at radius 3 is 2.41 bits per heavy atom. The highest BCUT2D eigenvalue weighted by atomic mass is 16.6. The smallest absolute Gasteiger partial charge is 0.258 e. The van der Waals surface area contributed by atoms with Crippen LogP contribution >= 0.6 is 0 Å². The Bertz CT molecular complexity index is 535. The van der Waals surface area contributed by atoms with Gasteiger partial charge in [0.25, 0.3) is 5.69 Å². The first-order valence-electron chi connectivity index (χ1n) is 5.45. The van der Waals surface area contributed by atoms with Gasteiger partial charge in [-0.1, -0.05) is 42.5 Å². The van der Waals surface area contributed by atoms with Crippen LogP contribution in [0.25, 0.3) is 0 Å². The first-order chi connectivity index (χ1) is 8.18. The van der Waals surface area contributed by atoms with Gasteiger partial charge in [-0.3, -0.25) is 10.1 Å². The van der Waals surface area contributed by atoms with E-state index in [2.05, 4.69) is 0 Å². The van der Waals surface area contributed by atoms with Crippen molar-refractivity contribution >= 4 is 5.69 Å². The van der Waals surface area contributed by atoms with E-state index < -0.39 is 0 Å². The number of hydrogen-bond acceptors (Lipinski definition) is 2. The highest BCUT2D eigenvalue weighted by Crippen LogP contribution is 2.24. The second-order valence-corrected chi connectivity index (χ2v) is 3.99. The van der Waals surface area contributed by atoms with E-state index in [9.17, 15) is 10.1 Å².